The summed E-state index contributed by atoms with van der Waals surface area (Å²) < 4.78 is 6.02. The zero-order chi connectivity index (χ0) is 15.2. The van der Waals surface area contributed by atoms with Gasteiger partial charge in [0, 0.05) is 10.0 Å². The van der Waals surface area contributed by atoms with Crippen LogP contribution in [0.4, 0.5) is 0 Å². The summed E-state index contributed by atoms with van der Waals surface area (Å²) in [6.07, 6.45) is 0. The second-order valence-corrected chi connectivity index (χ2v) is 5.29. The van der Waals surface area contributed by atoms with Crippen LogP contribution < -0.4 is 10.2 Å². The van der Waals surface area contributed by atoms with E-state index in [1.807, 2.05) is 31.2 Å². The lowest BCUT2D eigenvalue weighted by atomic mass is 10.1. The van der Waals surface area contributed by atoms with E-state index in [9.17, 15) is 4.79 Å². The standard InChI is InChI=1S/C16H15BrN2O2/c1-11(13-4-3-5-14(17)10-13)18-19-16(20)12-6-8-15(21-2)9-7-12/h3-10H,1-2H3,(H,19,20)/b18-11+. The topological polar surface area (TPSA) is 50.7 Å². The summed E-state index contributed by atoms with van der Waals surface area (Å²) in [5, 5.41) is 4.12. The second-order valence-electron chi connectivity index (χ2n) is 4.38. The maximum Gasteiger partial charge on any atom is 0.271 e. The Morgan fingerprint density at radius 1 is 1.14 bits per heavy atom. The first-order valence-corrected chi connectivity index (χ1v) is 7.14. The van der Waals surface area contributed by atoms with Crippen LogP contribution in [0.25, 0.3) is 0 Å². The normalized spacial score (nSPS) is 11.1. The highest BCUT2D eigenvalue weighted by Gasteiger charge is 2.05. The third-order valence-corrected chi connectivity index (χ3v) is 3.41. The van der Waals surface area contributed by atoms with Crippen LogP contribution in [0.5, 0.6) is 5.75 Å². The van der Waals surface area contributed by atoms with E-state index in [0.29, 0.717) is 11.3 Å². The van der Waals surface area contributed by atoms with E-state index in [1.165, 1.54) is 0 Å². The largest absolute Gasteiger partial charge is 0.497 e. The SMILES string of the molecule is COc1ccc(C(=O)N/N=C(\C)c2cccc(Br)c2)cc1. The van der Waals surface area contributed by atoms with Crippen molar-refractivity contribution in [2.45, 2.75) is 6.92 Å². The van der Waals surface area contributed by atoms with Crippen molar-refractivity contribution >= 4 is 27.5 Å². The summed E-state index contributed by atoms with van der Waals surface area (Å²) in [6, 6.07) is 14.6. The Balaban J connectivity index is 2.06. The van der Waals surface area contributed by atoms with Gasteiger partial charge in [0.15, 0.2) is 0 Å². The molecule has 0 atom stereocenters. The number of hydrazone groups is 1. The lowest BCUT2D eigenvalue weighted by Gasteiger charge is -2.04. The summed E-state index contributed by atoms with van der Waals surface area (Å²) in [6.45, 7) is 1.84. The van der Waals surface area contributed by atoms with Crippen LogP contribution in [0.15, 0.2) is 58.1 Å². The molecule has 21 heavy (non-hydrogen) atoms. The Morgan fingerprint density at radius 3 is 2.48 bits per heavy atom. The molecule has 0 unspecified atom stereocenters. The quantitative estimate of drug-likeness (QED) is 0.679. The molecule has 2 aromatic rings. The summed E-state index contributed by atoms with van der Waals surface area (Å²) in [7, 11) is 1.58. The van der Waals surface area contributed by atoms with Crippen LogP contribution in [0, 0.1) is 0 Å². The van der Waals surface area contributed by atoms with Crippen LogP contribution in [-0.2, 0) is 0 Å². The minimum atomic E-state index is -0.257. The van der Waals surface area contributed by atoms with Gasteiger partial charge in [-0.2, -0.15) is 5.10 Å². The van der Waals surface area contributed by atoms with Gasteiger partial charge in [0.2, 0.25) is 0 Å². The van der Waals surface area contributed by atoms with Crippen molar-refractivity contribution in [3.8, 4) is 5.75 Å². The van der Waals surface area contributed by atoms with E-state index in [1.54, 1.807) is 31.4 Å². The Bertz CT molecular complexity index is 666. The lowest BCUT2D eigenvalue weighted by Crippen LogP contribution is -2.19. The monoisotopic (exact) mass is 346 g/mol. The van der Waals surface area contributed by atoms with Gasteiger partial charge in [0.25, 0.3) is 5.91 Å². The predicted octanol–water partition coefficient (Wildman–Crippen LogP) is 3.61. The van der Waals surface area contributed by atoms with Gasteiger partial charge < -0.3 is 4.74 Å². The highest BCUT2D eigenvalue weighted by molar-refractivity contribution is 9.10. The van der Waals surface area contributed by atoms with Crippen molar-refractivity contribution in [1.29, 1.82) is 0 Å². The first-order valence-electron chi connectivity index (χ1n) is 6.35. The molecule has 0 bridgehead atoms. The minimum absolute atomic E-state index is 0.257. The van der Waals surface area contributed by atoms with Gasteiger partial charge in [-0.15, -0.1) is 0 Å². The van der Waals surface area contributed by atoms with Crippen molar-refractivity contribution < 1.29 is 9.53 Å². The molecule has 4 nitrogen and oxygen atoms in total. The van der Waals surface area contributed by atoms with Gasteiger partial charge in [-0.25, -0.2) is 5.43 Å². The third kappa shape index (κ3) is 4.16. The molecule has 1 amide bonds. The molecule has 5 heteroatoms. The number of nitrogens with zero attached hydrogens (tertiary/aromatic N) is 1. The zero-order valence-electron chi connectivity index (χ0n) is 11.8. The Labute approximate surface area is 132 Å². The number of amides is 1. The van der Waals surface area contributed by atoms with Crippen LogP contribution >= 0.6 is 15.9 Å². The van der Waals surface area contributed by atoms with Crippen molar-refractivity contribution in [3.05, 3.63) is 64.1 Å². The average molecular weight is 347 g/mol. The lowest BCUT2D eigenvalue weighted by molar-refractivity contribution is 0.0955. The van der Waals surface area contributed by atoms with Crippen molar-refractivity contribution in [2.24, 2.45) is 5.10 Å². The average Bonchev–Trinajstić information content (AvgIpc) is 2.52. The molecule has 0 aliphatic carbocycles. The summed E-state index contributed by atoms with van der Waals surface area (Å²) in [5.41, 5.74) is 4.75. The fraction of sp³-hybridized carbons (Fsp3) is 0.125. The molecule has 0 aliphatic heterocycles. The fourth-order valence-electron chi connectivity index (χ4n) is 1.72. The van der Waals surface area contributed by atoms with Crippen LogP contribution in [0.3, 0.4) is 0 Å². The first-order chi connectivity index (χ1) is 10.1. The molecular formula is C16H15BrN2O2. The maximum atomic E-state index is 12.0. The van der Waals surface area contributed by atoms with E-state index < -0.39 is 0 Å². The van der Waals surface area contributed by atoms with Gasteiger partial charge in [-0.1, -0.05) is 28.1 Å². The van der Waals surface area contributed by atoms with Gasteiger partial charge in [0.05, 0.1) is 12.8 Å². The first kappa shape index (κ1) is 15.3. The van der Waals surface area contributed by atoms with E-state index >= 15 is 0 Å². The zero-order valence-corrected chi connectivity index (χ0v) is 13.3. The van der Waals surface area contributed by atoms with Crippen LogP contribution in [0.2, 0.25) is 0 Å². The maximum absolute atomic E-state index is 12.0. The number of benzene rings is 2. The Kier molecular flexibility index (Phi) is 5.11. The molecule has 0 radical (unpaired) electrons. The number of rotatable bonds is 4. The molecule has 0 aromatic heterocycles. The van der Waals surface area contributed by atoms with Crippen molar-refractivity contribution in [3.63, 3.8) is 0 Å². The number of carbonyl (C=O) groups excluding carboxylic acids is 1. The summed E-state index contributed by atoms with van der Waals surface area (Å²) in [4.78, 5) is 12.0. The molecule has 1 N–H and O–H groups in total. The van der Waals surface area contributed by atoms with Gasteiger partial charge in [-0.05, 0) is 48.9 Å². The molecule has 0 spiro atoms. The molecule has 0 fully saturated rings. The number of carbonyl (C=O) groups is 1. The number of ether oxygens (including phenoxy) is 1. The molecule has 0 saturated heterocycles. The van der Waals surface area contributed by atoms with E-state index in [0.717, 1.165) is 15.7 Å². The molecule has 108 valence electrons. The number of nitrogens with one attached hydrogen (secondary N) is 1. The van der Waals surface area contributed by atoms with Crippen LogP contribution in [0.1, 0.15) is 22.8 Å². The fourth-order valence-corrected chi connectivity index (χ4v) is 2.12. The van der Waals surface area contributed by atoms with Gasteiger partial charge >= 0.3 is 0 Å². The molecule has 2 aromatic carbocycles. The van der Waals surface area contributed by atoms with Crippen molar-refractivity contribution in [2.75, 3.05) is 7.11 Å². The summed E-state index contributed by atoms with van der Waals surface area (Å²) >= 11 is 3.41. The van der Waals surface area contributed by atoms with E-state index in [4.69, 9.17) is 4.74 Å². The highest BCUT2D eigenvalue weighted by Crippen LogP contribution is 2.13. The van der Waals surface area contributed by atoms with Gasteiger partial charge in [0.1, 0.15) is 5.75 Å². The molecule has 0 aliphatic rings. The molecule has 0 heterocycles. The smallest absolute Gasteiger partial charge is 0.271 e. The number of hydrogen-bond donors (Lipinski definition) is 1. The predicted molar refractivity (Wildman–Crippen MR) is 86.8 cm³/mol. The second kappa shape index (κ2) is 7.04. The third-order valence-electron chi connectivity index (χ3n) is 2.92. The van der Waals surface area contributed by atoms with E-state index in [-0.39, 0.29) is 5.91 Å². The minimum Gasteiger partial charge on any atom is -0.497 e. The van der Waals surface area contributed by atoms with Crippen molar-refractivity contribution in [1.82, 2.24) is 5.43 Å². The number of hydrogen-bond acceptors (Lipinski definition) is 3. The van der Waals surface area contributed by atoms with Crippen LogP contribution in [-0.4, -0.2) is 18.7 Å². The number of halogens is 1. The Hall–Kier alpha value is -2.14. The molecular weight excluding hydrogens is 332 g/mol. The molecule has 2 rings (SSSR count). The number of methoxy groups -OCH3 is 1. The highest BCUT2D eigenvalue weighted by atomic mass is 79.9. The molecule has 0 saturated carbocycles. The Morgan fingerprint density at radius 2 is 1.86 bits per heavy atom. The van der Waals surface area contributed by atoms with E-state index in [2.05, 4.69) is 26.5 Å². The van der Waals surface area contributed by atoms with Gasteiger partial charge in [-0.3, -0.25) is 4.79 Å². The summed E-state index contributed by atoms with van der Waals surface area (Å²) in [5.74, 6) is 0.451.